The SMILES string of the molecule is CC#CCSCC(O)CO. The van der Waals surface area contributed by atoms with Crippen molar-refractivity contribution in [3.05, 3.63) is 0 Å². The highest BCUT2D eigenvalue weighted by molar-refractivity contribution is 7.99. The molecule has 0 aliphatic carbocycles. The molecule has 0 amide bonds. The van der Waals surface area contributed by atoms with E-state index in [1.807, 2.05) is 0 Å². The summed E-state index contributed by atoms with van der Waals surface area (Å²) in [4.78, 5) is 0. The van der Waals surface area contributed by atoms with Crippen molar-refractivity contribution in [2.45, 2.75) is 13.0 Å². The van der Waals surface area contributed by atoms with Crippen molar-refractivity contribution in [2.24, 2.45) is 0 Å². The van der Waals surface area contributed by atoms with Crippen LogP contribution in [0.5, 0.6) is 0 Å². The lowest BCUT2D eigenvalue weighted by molar-refractivity contribution is 0.113. The van der Waals surface area contributed by atoms with Crippen LogP contribution in [0.4, 0.5) is 0 Å². The molecule has 2 nitrogen and oxygen atoms in total. The third-order valence-corrected chi connectivity index (χ3v) is 1.84. The molecule has 0 aliphatic heterocycles. The van der Waals surface area contributed by atoms with Crippen molar-refractivity contribution in [2.75, 3.05) is 18.1 Å². The average Bonchev–Trinajstić information content (AvgIpc) is 1.98. The second-order valence-corrected chi connectivity index (χ2v) is 2.81. The Morgan fingerprint density at radius 1 is 1.60 bits per heavy atom. The van der Waals surface area contributed by atoms with Gasteiger partial charge < -0.3 is 10.2 Å². The predicted octanol–water partition coefficient (Wildman–Crippen LogP) is 0.0961. The molecule has 0 aliphatic rings. The lowest BCUT2D eigenvalue weighted by atomic mass is 10.4. The molecular weight excluding hydrogens is 148 g/mol. The first kappa shape index (κ1) is 9.83. The summed E-state index contributed by atoms with van der Waals surface area (Å²) in [7, 11) is 0. The van der Waals surface area contributed by atoms with Gasteiger partial charge in [0.25, 0.3) is 0 Å². The zero-order chi connectivity index (χ0) is 7.82. The molecule has 0 fully saturated rings. The van der Waals surface area contributed by atoms with E-state index in [1.54, 1.807) is 6.92 Å². The molecule has 3 heteroatoms. The van der Waals surface area contributed by atoms with Gasteiger partial charge in [0.05, 0.1) is 18.5 Å². The van der Waals surface area contributed by atoms with Crippen LogP contribution in [0, 0.1) is 11.8 Å². The van der Waals surface area contributed by atoms with Crippen molar-refractivity contribution >= 4 is 11.8 Å². The average molecular weight is 160 g/mol. The first-order chi connectivity index (χ1) is 4.81. The van der Waals surface area contributed by atoms with E-state index in [2.05, 4.69) is 11.8 Å². The zero-order valence-electron chi connectivity index (χ0n) is 6.00. The monoisotopic (exact) mass is 160 g/mol. The molecule has 1 atom stereocenters. The van der Waals surface area contributed by atoms with Crippen LogP contribution in [-0.2, 0) is 0 Å². The number of thioether (sulfide) groups is 1. The van der Waals surface area contributed by atoms with E-state index >= 15 is 0 Å². The van der Waals surface area contributed by atoms with Gasteiger partial charge in [0.15, 0.2) is 0 Å². The van der Waals surface area contributed by atoms with Gasteiger partial charge in [-0.1, -0.05) is 5.92 Å². The Bertz CT molecular complexity index is 125. The van der Waals surface area contributed by atoms with Gasteiger partial charge in [0.1, 0.15) is 0 Å². The number of rotatable bonds is 4. The number of hydrogen-bond acceptors (Lipinski definition) is 3. The van der Waals surface area contributed by atoms with Crippen LogP contribution in [0.25, 0.3) is 0 Å². The van der Waals surface area contributed by atoms with E-state index < -0.39 is 6.10 Å². The van der Waals surface area contributed by atoms with E-state index in [1.165, 1.54) is 11.8 Å². The Morgan fingerprint density at radius 3 is 2.80 bits per heavy atom. The summed E-state index contributed by atoms with van der Waals surface area (Å²) in [5, 5.41) is 17.2. The Kier molecular flexibility index (Phi) is 6.83. The standard InChI is InChI=1S/C7H12O2S/c1-2-3-4-10-6-7(9)5-8/h7-9H,4-6H2,1H3. The van der Waals surface area contributed by atoms with E-state index in [9.17, 15) is 0 Å². The fourth-order valence-electron chi connectivity index (χ4n) is 0.371. The molecule has 0 spiro atoms. The molecule has 0 aromatic heterocycles. The van der Waals surface area contributed by atoms with Crippen molar-refractivity contribution < 1.29 is 10.2 Å². The Morgan fingerprint density at radius 2 is 2.30 bits per heavy atom. The van der Waals surface area contributed by atoms with E-state index in [0.717, 1.165) is 5.75 Å². The highest BCUT2D eigenvalue weighted by Crippen LogP contribution is 2.00. The highest BCUT2D eigenvalue weighted by Gasteiger charge is 1.98. The Hall–Kier alpha value is -0.170. The summed E-state index contributed by atoms with van der Waals surface area (Å²) in [5.74, 6) is 6.88. The zero-order valence-corrected chi connectivity index (χ0v) is 6.82. The molecular formula is C7H12O2S. The highest BCUT2D eigenvalue weighted by atomic mass is 32.2. The molecule has 0 saturated heterocycles. The largest absolute Gasteiger partial charge is 0.394 e. The van der Waals surface area contributed by atoms with Crippen molar-refractivity contribution in [1.82, 2.24) is 0 Å². The maximum atomic E-state index is 8.84. The van der Waals surface area contributed by atoms with Crippen molar-refractivity contribution in [1.29, 1.82) is 0 Å². The topological polar surface area (TPSA) is 40.5 Å². The molecule has 0 aromatic rings. The van der Waals surface area contributed by atoms with Crippen LogP contribution in [0.3, 0.4) is 0 Å². The van der Waals surface area contributed by atoms with Gasteiger partial charge in [0, 0.05) is 5.75 Å². The van der Waals surface area contributed by atoms with Crippen molar-refractivity contribution in [3.63, 3.8) is 0 Å². The van der Waals surface area contributed by atoms with E-state index in [-0.39, 0.29) is 6.61 Å². The van der Waals surface area contributed by atoms with Gasteiger partial charge >= 0.3 is 0 Å². The van der Waals surface area contributed by atoms with Crippen LogP contribution in [0.15, 0.2) is 0 Å². The van der Waals surface area contributed by atoms with Crippen LogP contribution in [0.1, 0.15) is 6.92 Å². The third-order valence-electron chi connectivity index (χ3n) is 0.872. The van der Waals surface area contributed by atoms with E-state index in [4.69, 9.17) is 10.2 Å². The minimum atomic E-state index is -0.594. The first-order valence-electron chi connectivity index (χ1n) is 3.07. The van der Waals surface area contributed by atoms with Gasteiger partial charge in [-0.15, -0.1) is 17.7 Å². The summed E-state index contributed by atoms with van der Waals surface area (Å²) in [6.07, 6.45) is -0.594. The molecule has 1 unspecified atom stereocenters. The lowest BCUT2D eigenvalue weighted by Gasteiger charge is -2.02. The predicted molar refractivity (Wildman–Crippen MR) is 43.9 cm³/mol. The fraction of sp³-hybridized carbons (Fsp3) is 0.714. The normalized spacial score (nSPS) is 11.9. The minimum Gasteiger partial charge on any atom is -0.394 e. The fourth-order valence-corrected chi connectivity index (χ4v) is 1.11. The van der Waals surface area contributed by atoms with Crippen LogP contribution in [0.2, 0.25) is 0 Å². The Labute approximate surface area is 65.6 Å². The van der Waals surface area contributed by atoms with Crippen LogP contribution < -0.4 is 0 Å². The molecule has 0 rings (SSSR count). The summed E-state index contributed by atoms with van der Waals surface area (Å²) < 4.78 is 0. The Balaban J connectivity index is 3.08. The minimum absolute atomic E-state index is 0.160. The van der Waals surface area contributed by atoms with Crippen LogP contribution in [-0.4, -0.2) is 34.4 Å². The lowest BCUT2D eigenvalue weighted by Crippen LogP contribution is -2.14. The second-order valence-electron chi connectivity index (χ2n) is 1.78. The third kappa shape index (κ3) is 5.96. The molecule has 10 heavy (non-hydrogen) atoms. The quantitative estimate of drug-likeness (QED) is 0.452. The molecule has 0 aromatic carbocycles. The molecule has 2 N–H and O–H groups in total. The number of hydrogen-bond donors (Lipinski definition) is 2. The molecule has 0 heterocycles. The van der Waals surface area contributed by atoms with Gasteiger partial charge in [-0.2, -0.15) is 0 Å². The van der Waals surface area contributed by atoms with Gasteiger partial charge in [0.2, 0.25) is 0 Å². The van der Waals surface area contributed by atoms with E-state index in [0.29, 0.717) is 5.75 Å². The van der Waals surface area contributed by atoms with Crippen LogP contribution >= 0.6 is 11.8 Å². The maximum Gasteiger partial charge on any atom is 0.0861 e. The van der Waals surface area contributed by atoms with Gasteiger partial charge in [-0.25, -0.2) is 0 Å². The number of aliphatic hydroxyl groups excluding tert-OH is 2. The van der Waals surface area contributed by atoms with Gasteiger partial charge in [-0.3, -0.25) is 0 Å². The first-order valence-corrected chi connectivity index (χ1v) is 4.23. The van der Waals surface area contributed by atoms with Crippen molar-refractivity contribution in [3.8, 4) is 11.8 Å². The molecule has 0 radical (unpaired) electrons. The number of aliphatic hydroxyl groups is 2. The summed E-state index contributed by atoms with van der Waals surface area (Å²) in [6, 6.07) is 0. The second kappa shape index (κ2) is 6.94. The maximum absolute atomic E-state index is 8.84. The van der Waals surface area contributed by atoms with Gasteiger partial charge in [-0.05, 0) is 6.92 Å². The summed E-state index contributed by atoms with van der Waals surface area (Å²) >= 11 is 1.53. The smallest absolute Gasteiger partial charge is 0.0861 e. The molecule has 0 saturated carbocycles. The molecule has 0 bridgehead atoms. The summed E-state index contributed by atoms with van der Waals surface area (Å²) in [5.41, 5.74) is 0. The summed E-state index contributed by atoms with van der Waals surface area (Å²) in [6.45, 7) is 1.62. The molecule has 58 valence electrons.